The van der Waals surface area contributed by atoms with Crippen LogP contribution in [0, 0.1) is 0 Å². The summed E-state index contributed by atoms with van der Waals surface area (Å²) < 4.78 is 26.6. The number of hydrogen-bond acceptors (Lipinski definition) is 5. The predicted molar refractivity (Wildman–Crippen MR) is 84.4 cm³/mol. The molecule has 0 spiro atoms. The molecule has 0 fully saturated rings. The lowest BCUT2D eigenvalue weighted by Crippen LogP contribution is -2.30. The molecule has 1 aromatic rings. The number of rotatable bonds is 9. The Labute approximate surface area is 126 Å². The Morgan fingerprint density at radius 1 is 1.40 bits per heavy atom. The summed E-state index contributed by atoms with van der Waals surface area (Å²) in [6.07, 6.45) is 4.63. The maximum atomic E-state index is 12.0. The molecule has 1 aromatic heterocycles. The maximum Gasteiger partial charge on any atom is 0.258 e. The van der Waals surface area contributed by atoms with E-state index in [1.54, 1.807) is 30.1 Å². The van der Waals surface area contributed by atoms with E-state index in [0.717, 1.165) is 18.5 Å². The number of sulfonamides is 1. The molecule has 1 atom stereocenters. The minimum atomic E-state index is -3.50. The highest BCUT2D eigenvalue weighted by Gasteiger charge is 2.16. The fourth-order valence-electron chi connectivity index (χ4n) is 1.47. The van der Waals surface area contributed by atoms with Gasteiger partial charge in [0.05, 0.1) is 0 Å². The first-order valence-corrected chi connectivity index (χ1v) is 9.44. The molecule has 0 amide bonds. The lowest BCUT2D eigenvalue weighted by atomic mass is 10.3. The lowest BCUT2D eigenvalue weighted by Gasteiger charge is -2.10. The highest BCUT2D eigenvalue weighted by Crippen LogP contribution is 2.09. The van der Waals surface area contributed by atoms with Crippen LogP contribution in [0.5, 0.6) is 0 Å². The van der Waals surface area contributed by atoms with Crippen LogP contribution in [0.3, 0.4) is 0 Å². The highest BCUT2D eigenvalue weighted by atomic mass is 32.2. The third-order valence-corrected chi connectivity index (χ3v) is 5.10. The summed E-state index contributed by atoms with van der Waals surface area (Å²) in [6, 6.07) is 3.34. The molecule has 0 aromatic carbocycles. The average Bonchev–Trinajstić information content (AvgIpc) is 2.45. The third kappa shape index (κ3) is 5.78. The number of pyridine rings is 1. The minimum Gasteiger partial charge on any atom is -0.313 e. The van der Waals surface area contributed by atoms with Crippen LogP contribution in [0.4, 0.5) is 0 Å². The van der Waals surface area contributed by atoms with Gasteiger partial charge < -0.3 is 5.32 Å². The van der Waals surface area contributed by atoms with E-state index in [-0.39, 0.29) is 10.3 Å². The van der Waals surface area contributed by atoms with Gasteiger partial charge in [0.15, 0.2) is 5.03 Å². The summed E-state index contributed by atoms with van der Waals surface area (Å²) in [4.78, 5) is 4.04. The fraction of sp³-hybridized carbons (Fsp3) is 0.615. The number of nitrogens with zero attached hydrogens (tertiary/aromatic N) is 1. The molecule has 1 unspecified atom stereocenters. The van der Waals surface area contributed by atoms with Crippen LogP contribution < -0.4 is 10.0 Å². The molecule has 7 heteroatoms. The van der Waals surface area contributed by atoms with E-state index in [0.29, 0.717) is 13.1 Å². The topological polar surface area (TPSA) is 71.1 Å². The summed E-state index contributed by atoms with van der Waals surface area (Å²) in [7, 11) is -3.50. The minimum absolute atomic E-state index is 0.0741. The van der Waals surface area contributed by atoms with Crippen molar-refractivity contribution in [2.24, 2.45) is 0 Å². The molecular formula is C13H23N3O2S2. The third-order valence-electron chi connectivity index (χ3n) is 2.79. The van der Waals surface area contributed by atoms with Crippen molar-refractivity contribution in [3.8, 4) is 0 Å². The van der Waals surface area contributed by atoms with E-state index in [4.69, 9.17) is 0 Å². The first-order valence-electron chi connectivity index (χ1n) is 6.67. The van der Waals surface area contributed by atoms with Crippen molar-refractivity contribution in [2.45, 2.75) is 37.1 Å². The number of hydrogen-bond donors (Lipinski definition) is 2. The van der Waals surface area contributed by atoms with Crippen LogP contribution in [0.25, 0.3) is 0 Å². The second kappa shape index (κ2) is 8.61. The summed E-state index contributed by atoms with van der Waals surface area (Å²) >= 11 is 1.62. The summed E-state index contributed by atoms with van der Waals surface area (Å²) in [5, 5.41) is 3.56. The smallest absolute Gasteiger partial charge is 0.258 e. The Bertz CT molecular complexity index is 489. The standard InChI is InChI=1S/C13H23N3O2S2/c1-4-7-14-9-12-5-6-13(15-10-12)20(17,18)16-8-11(2)19-3/h5-6,10-11,14,16H,4,7-9H2,1-3H3. The molecule has 0 saturated heterocycles. The van der Waals surface area contributed by atoms with Crippen molar-refractivity contribution >= 4 is 21.8 Å². The maximum absolute atomic E-state index is 12.0. The molecule has 114 valence electrons. The number of aromatic nitrogens is 1. The van der Waals surface area contributed by atoms with Gasteiger partial charge in [0, 0.05) is 24.5 Å². The van der Waals surface area contributed by atoms with E-state index in [1.807, 2.05) is 13.2 Å². The predicted octanol–water partition coefficient (Wildman–Crippen LogP) is 1.61. The zero-order chi connectivity index (χ0) is 15.0. The van der Waals surface area contributed by atoms with Gasteiger partial charge in [-0.25, -0.2) is 18.1 Å². The Kier molecular flexibility index (Phi) is 7.50. The van der Waals surface area contributed by atoms with Crippen LogP contribution in [0.2, 0.25) is 0 Å². The highest BCUT2D eigenvalue weighted by molar-refractivity contribution is 7.99. The molecule has 1 heterocycles. The average molecular weight is 317 g/mol. The monoisotopic (exact) mass is 317 g/mol. The second-order valence-electron chi connectivity index (χ2n) is 4.58. The first kappa shape index (κ1) is 17.4. The van der Waals surface area contributed by atoms with Crippen molar-refractivity contribution in [2.75, 3.05) is 19.3 Å². The van der Waals surface area contributed by atoms with E-state index in [1.165, 1.54) is 0 Å². The lowest BCUT2D eigenvalue weighted by molar-refractivity contribution is 0.577. The van der Waals surface area contributed by atoms with E-state index in [9.17, 15) is 8.42 Å². The fourth-order valence-corrected chi connectivity index (χ4v) is 2.88. The van der Waals surface area contributed by atoms with Gasteiger partial charge in [0.25, 0.3) is 10.0 Å². The Morgan fingerprint density at radius 2 is 2.15 bits per heavy atom. The van der Waals surface area contributed by atoms with Crippen molar-refractivity contribution in [1.29, 1.82) is 0 Å². The van der Waals surface area contributed by atoms with Crippen molar-refractivity contribution in [1.82, 2.24) is 15.0 Å². The van der Waals surface area contributed by atoms with Gasteiger partial charge >= 0.3 is 0 Å². The van der Waals surface area contributed by atoms with Crippen molar-refractivity contribution in [3.05, 3.63) is 23.9 Å². The summed E-state index contributed by atoms with van der Waals surface area (Å²) in [5.41, 5.74) is 0.981. The molecule has 0 aliphatic heterocycles. The molecule has 1 rings (SSSR count). The number of thioether (sulfide) groups is 1. The Morgan fingerprint density at radius 3 is 2.70 bits per heavy atom. The molecule has 0 aliphatic carbocycles. The normalized spacial score (nSPS) is 13.3. The largest absolute Gasteiger partial charge is 0.313 e. The quantitative estimate of drug-likeness (QED) is 0.677. The van der Waals surface area contributed by atoms with Crippen LogP contribution in [-0.4, -0.2) is 38.0 Å². The van der Waals surface area contributed by atoms with E-state index >= 15 is 0 Å². The molecular weight excluding hydrogens is 294 g/mol. The molecule has 20 heavy (non-hydrogen) atoms. The second-order valence-corrected chi connectivity index (χ2v) is 7.57. The zero-order valence-corrected chi connectivity index (χ0v) is 13.9. The van der Waals surface area contributed by atoms with Crippen LogP contribution in [0.15, 0.2) is 23.4 Å². The van der Waals surface area contributed by atoms with E-state index in [2.05, 4.69) is 21.9 Å². The SMILES string of the molecule is CCCNCc1ccc(S(=O)(=O)NCC(C)SC)nc1. The van der Waals surface area contributed by atoms with Crippen molar-refractivity contribution in [3.63, 3.8) is 0 Å². The van der Waals surface area contributed by atoms with Gasteiger partial charge in [-0.05, 0) is 30.9 Å². The summed E-state index contributed by atoms with van der Waals surface area (Å²) in [6.45, 7) is 6.13. The van der Waals surface area contributed by atoms with Gasteiger partial charge in [-0.2, -0.15) is 11.8 Å². The van der Waals surface area contributed by atoms with Gasteiger partial charge in [0.2, 0.25) is 0 Å². The van der Waals surface area contributed by atoms with Crippen molar-refractivity contribution < 1.29 is 8.42 Å². The summed E-state index contributed by atoms with van der Waals surface area (Å²) in [5.74, 6) is 0. The van der Waals surface area contributed by atoms with E-state index < -0.39 is 10.0 Å². The molecule has 0 saturated carbocycles. The first-order chi connectivity index (χ1) is 9.49. The molecule has 0 bridgehead atoms. The van der Waals surface area contributed by atoms with Crippen LogP contribution in [0.1, 0.15) is 25.8 Å². The zero-order valence-electron chi connectivity index (χ0n) is 12.2. The van der Waals surface area contributed by atoms with Crippen LogP contribution in [-0.2, 0) is 16.6 Å². The van der Waals surface area contributed by atoms with Gasteiger partial charge in [-0.3, -0.25) is 0 Å². The van der Waals surface area contributed by atoms with Gasteiger partial charge in [0.1, 0.15) is 0 Å². The molecule has 0 aliphatic rings. The molecule has 0 radical (unpaired) electrons. The van der Waals surface area contributed by atoms with Crippen LogP contribution >= 0.6 is 11.8 Å². The molecule has 5 nitrogen and oxygen atoms in total. The van der Waals surface area contributed by atoms with Gasteiger partial charge in [-0.1, -0.05) is 19.9 Å². The number of nitrogens with one attached hydrogen (secondary N) is 2. The van der Waals surface area contributed by atoms with Gasteiger partial charge in [-0.15, -0.1) is 0 Å². The Balaban J connectivity index is 2.62. The molecule has 2 N–H and O–H groups in total. The Hall–Kier alpha value is -0.630.